The molecule has 0 aliphatic heterocycles. The zero-order chi connectivity index (χ0) is 26.4. The van der Waals surface area contributed by atoms with Gasteiger partial charge in [-0.3, -0.25) is 9.59 Å². The predicted octanol–water partition coefficient (Wildman–Crippen LogP) is 5.62. The molecule has 0 bridgehead atoms. The highest BCUT2D eigenvalue weighted by atomic mass is 127. The maximum absolute atomic E-state index is 13.2. The van der Waals surface area contributed by atoms with E-state index in [-0.39, 0.29) is 18.1 Å². The van der Waals surface area contributed by atoms with Gasteiger partial charge in [0.2, 0.25) is 0 Å². The molecular weight excluding hydrogens is 651 g/mol. The average molecular weight is 675 g/mol. The summed E-state index contributed by atoms with van der Waals surface area (Å²) >= 11 is 5.54. The predicted molar refractivity (Wildman–Crippen MR) is 157 cm³/mol. The van der Waals surface area contributed by atoms with Crippen molar-refractivity contribution in [2.45, 2.75) is 19.8 Å². The van der Waals surface area contributed by atoms with Crippen molar-refractivity contribution in [2.24, 2.45) is 5.10 Å². The van der Waals surface area contributed by atoms with Crippen LogP contribution < -0.4 is 20.3 Å². The molecular formula is C27H24BrIN4O4. The van der Waals surface area contributed by atoms with E-state index in [1.165, 1.54) is 11.8 Å². The maximum Gasteiger partial charge on any atom is 0.282 e. The largest absolute Gasteiger partial charge is 0.493 e. The van der Waals surface area contributed by atoms with Gasteiger partial charge >= 0.3 is 0 Å². The topological polar surface area (TPSA) is 94.8 Å². The molecule has 37 heavy (non-hydrogen) atoms. The van der Waals surface area contributed by atoms with Gasteiger partial charge in [0, 0.05) is 16.6 Å². The van der Waals surface area contributed by atoms with Gasteiger partial charge in [-0.15, -0.1) is 0 Å². The first kappa shape index (κ1) is 26.8. The Balaban J connectivity index is 1.59. The number of carbonyl (C=O) groups is 1. The van der Waals surface area contributed by atoms with E-state index in [1.807, 2.05) is 43.3 Å². The van der Waals surface area contributed by atoms with Gasteiger partial charge in [-0.2, -0.15) is 9.78 Å². The first-order chi connectivity index (χ1) is 17.9. The number of carbonyl (C=O) groups excluding carboxylic acids is 1. The number of fused-ring (bicyclic) bond motifs is 1. The van der Waals surface area contributed by atoms with E-state index in [2.05, 4.69) is 53.9 Å². The Bertz CT molecular complexity index is 1520. The second-order valence-electron chi connectivity index (χ2n) is 8.04. The van der Waals surface area contributed by atoms with Crippen LogP contribution in [0.4, 0.5) is 5.69 Å². The van der Waals surface area contributed by atoms with Gasteiger partial charge < -0.3 is 14.8 Å². The van der Waals surface area contributed by atoms with Crippen LogP contribution in [0.1, 0.15) is 24.7 Å². The fourth-order valence-electron chi connectivity index (χ4n) is 3.63. The summed E-state index contributed by atoms with van der Waals surface area (Å²) in [7, 11) is 1.53. The van der Waals surface area contributed by atoms with Gasteiger partial charge in [-0.1, -0.05) is 41.1 Å². The molecule has 8 nitrogen and oxygen atoms in total. The Kier molecular flexibility index (Phi) is 8.93. The molecule has 1 amide bonds. The zero-order valence-electron chi connectivity index (χ0n) is 20.2. The van der Waals surface area contributed by atoms with Gasteiger partial charge in [0.15, 0.2) is 18.1 Å². The van der Waals surface area contributed by atoms with Crippen molar-refractivity contribution < 1.29 is 14.3 Å². The molecule has 3 aromatic carbocycles. The van der Waals surface area contributed by atoms with E-state index < -0.39 is 0 Å². The summed E-state index contributed by atoms with van der Waals surface area (Å²) in [4.78, 5) is 30.2. The number of hydrogen-bond acceptors (Lipinski definition) is 6. The molecule has 1 heterocycles. The Morgan fingerprint density at radius 3 is 2.70 bits per heavy atom. The summed E-state index contributed by atoms with van der Waals surface area (Å²) in [5.74, 6) is 1.20. The highest BCUT2D eigenvalue weighted by Gasteiger charge is 2.14. The minimum atomic E-state index is -0.284. The minimum absolute atomic E-state index is 0.178. The molecule has 0 atom stereocenters. The van der Waals surface area contributed by atoms with Crippen molar-refractivity contribution in [2.75, 3.05) is 19.0 Å². The lowest BCUT2D eigenvalue weighted by atomic mass is 10.2. The smallest absolute Gasteiger partial charge is 0.282 e. The number of hydrogen-bond donors (Lipinski definition) is 1. The first-order valence-corrected chi connectivity index (χ1v) is 13.4. The number of ether oxygens (including phenoxy) is 2. The van der Waals surface area contributed by atoms with E-state index in [4.69, 9.17) is 9.47 Å². The molecule has 0 aliphatic rings. The number of anilines is 1. The second kappa shape index (κ2) is 12.3. The number of halogens is 2. The molecule has 4 aromatic rings. The molecule has 0 radical (unpaired) electrons. The van der Waals surface area contributed by atoms with E-state index in [9.17, 15) is 9.59 Å². The lowest BCUT2D eigenvalue weighted by molar-refractivity contribution is -0.118. The molecule has 0 unspecified atom stereocenters. The van der Waals surface area contributed by atoms with Crippen LogP contribution in [0.15, 0.2) is 75.0 Å². The average Bonchev–Trinajstić information content (AvgIpc) is 2.88. The first-order valence-electron chi connectivity index (χ1n) is 11.5. The number of nitrogens with zero attached hydrogens (tertiary/aromatic N) is 3. The van der Waals surface area contributed by atoms with Gasteiger partial charge in [0.05, 0.1) is 27.8 Å². The number of para-hydroxylation sites is 1. The van der Waals surface area contributed by atoms with Crippen LogP contribution in [0.2, 0.25) is 0 Å². The third kappa shape index (κ3) is 6.55. The van der Waals surface area contributed by atoms with Crippen molar-refractivity contribution in [3.63, 3.8) is 0 Å². The fourth-order valence-corrected chi connectivity index (χ4v) is 4.78. The number of aryl methyl sites for hydroxylation is 1. The van der Waals surface area contributed by atoms with Crippen molar-refractivity contribution in [1.82, 2.24) is 9.66 Å². The molecule has 0 saturated heterocycles. The molecule has 190 valence electrons. The molecule has 0 aliphatic carbocycles. The van der Waals surface area contributed by atoms with E-state index in [0.29, 0.717) is 45.9 Å². The maximum atomic E-state index is 13.2. The van der Waals surface area contributed by atoms with Crippen LogP contribution in [-0.4, -0.2) is 35.5 Å². The van der Waals surface area contributed by atoms with Crippen LogP contribution in [0, 0.1) is 3.57 Å². The number of nitrogens with one attached hydrogen (secondary N) is 1. The normalized spacial score (nSPS) is 11.1. The lowest BCUT2D eigenvalue weighted by Crippen LogP contribution is -2.22. The molecule has 0 saturated carbocycles. The Morgan fingerprint density at radius 2 is 1.97 bits per heavy atom. The number of aromatic nitrogens is 2. The van der Waals surface area contributed by atoms with Crippen LogP contribution in [0.25, 0.3) is 10.9 Å². The zero-order valence-corrected chi connectivity index (χ0v) is 23.9. The number of rotatable bonds is 9. The fraction of sp³-hybridized carbons (Fsp3) is 0.185. The summed E-state index contributed by atoms with van der Waals surface area (Å²) in [6, 6.07) is 18.2. The van der Waals surface area contributed by atoms with Crippen molar-refractivity contribution in [3.05, 3.63) is 90.4 Å². The summed E-state index contributed by atoms with van der Waals surface area (Å²) in [5, 5.41) is 7.75. The monoisotopic (exact) mass is 674 g/mol. The third-order valence-corrected chi connectivity index (χ3v) is 6.62. The summed E-state index contributed by atoms with van der Waals surface area (Å²) in [6.07, 6.45) is 3.01. The minimum Gasteiger partial charge on any atom is -0.493 e. The van der Waals surface area contributed by atoms with Crippen molar-refractivity contribution in [3.8, 4) is 11.5 Å². The van der Waals surface area contributed by atoms with Gasteiger partial charge in [-0.25, -0.2) is 4.98 Å². The second-order valence-corrected chi connectivity index (χ2v) is 10.1. The van der Waals surface area contributed by atoms with Gasteiger partial charge in [0.1, 0.15) is 5.82 Å². The highest BCUT2D eigenvalue weighted by Crippen LogP contribution is 2.33. The molecule has 1 aromatic heterocycles. The molecule has 4 rings (SSSR count). The molecule has 0 spiro atoms. The number of amides is 1. The van der Waals surface area contributed by atoms with Crippen LogP contribution in [-0.2, 0) is 11.2 Å². The van der Waals surface area contributed by atoms with E-state index in [0.717, 1.165) is 14.5 Å². The van der Waals surface area contributed by atoms with Crippen LogP contribution >= 0.6 is 38.5 Å². The van der Waals surface area contributed by atoms with Gasteiger partial charge in [0.25, 0.3) is 11.5 Å². The standard InChI is InChI=1S/C27H24BrIN4O4/c1-3-7-24-32-22-11-10-18(28)14-20(22)27(35)33(24)30-15-17-12-21(29)26(23(13-17)36-2)37-16-25(34)31-19-8-5-4-6-9-19/h4-6,8-15H,3,7,16H2,1-2H3,(H,31,34). The van der Waals surface area contributed by atoms with Crippen molar-refractivity contribution >= 4 is 67.2 Å². The van der Waals surface area contributed by atoms with E-state index in [1.54, 1.807) is 30.5 Å². The quantitative estimate of drug-likeness (QED) is 0.184. The Hall–Kier alpha value is -3.25. The number of methoxy groups -OCH3 is 1. The summed E-state index contributed by atoms with van der Waals surface area (Å²) in [5.41, 5.74) is 1.79. The van der Waals surface area contributed by atoms with E-state index >= 15 is 0 Å². The summed E-state index contributed by atoms with van der Waals surface area (Å²) in [6.45, 7) is 1.85. The Labute approximate surface area is 236 Å². The summed E-state index contributed by atoms with van der Waals surface area (Å²) < 4.78 is 14.2. The highest BCUT2D eigenvalue weighted by molar-refractivity contribution is 14.1. The molecule has 10 heteroatoms. The van der Waals surface area contributed by atoms with Crippen LogP contribution in [0.3, 0.4) is 0 Å². The Morgan fingerprint density at radius 1 is 1.19 bits per heavy atom. The number of benzene rings is 3. The van der Waals surface area contributed by atoms with Gasteiger partial charge in [-0.05, 0) is 77.0 Å². The molecule has 1 N–H and O–H groups in total. The molecule has 0 fully saturated rings. The van der Waals surface area contributed by atoms with Crippen molar-refractivity contribution in [1.29, 1.82) is 0 Å². The third-order valence-electron chi connectivity index (χ3n) is 5.33. The lowest BCUT2D eigenvalue weighted by Gasteiger charge is -2.14. The van der Waals surface area contributed by atoms with Crippen LogP contribution in [0.5, 0.6) is 11.5 Å². The SMILES string of the molecule is CCCc1nc2ccc(Br)cc2c(=O)n1N=Cc1cc(I)c(OCC(=O)Nc2ccccc2)c(OC)c1.